The predicted molar refractivity (Wildman–Crippen MR) is 103 cm³/mol. The maximum atomic E-state index is 12.5. The van der Waals surface area contributed by atoms with Crippen LogP contribution in [0.4, 0.5) is 0 Å². The highest BCUT2D eigenvalue weighted by molar-refractivity contribution is 7.09. The normalized spacial score (nSPS) is 15.3. The minimum Gasteiger partial charge on any atom is -0.452 e. The molecule has 0 saturated carbocycles. The van der Waals surface area contributed by atoms with Crippen molar-refractivity contribution in [3.8, 4) is 0 Å². The molecule has 0 bridgehead atoms. The summed E-state index contributed by atoms with van der Waals surface area (Å²) in [6.07, 6.45) is 2.03. The Balaban J connectivity index is 1.60. The van der Waals surface area contributed by atoms with Gasteiger partial charge in [-0.25, -0.2) is 4.79 Å². The molecule has 0 atom stereocenters. The molecule has 1 aliphatic rings. The third kappa shape index (κ3) is 4.18. The van der Waals surface area contributed by atoms with E-state index < -0.39 is 5.97 Å². The number of aryl methyl sites for hydroxylation is 1. The van der Waals surface area contributed by atoms with Gasteiger partial charge in [0.25, 0.3) is 5.91 Å². The fraction of sp³-hybridized carbons (Fsp3) is 0.500. The molecule has 3 rings (SSSR count). The molecule has 1 amide bonds. The van der Waals surface area contributed by atoms with Crippen molar-refractivity contribution >= 4 is 23.2 Å². The van der Waals surface area contributed by atoms with Crippen molar-refractivity contribution in [2.24, 2.45) is 5.92 Å². The molecule has 5 nitrogen and oxygen atoms in total. The summed E-state index contributed by atoms with van der Waals surface area (Å²) < 4.78 is 7.42. The second kappa shape index (κ2) is 8.08. The Hall–Kier alpha value is -2.08. The van der Waals surface area contributed by atoms with Gasteiger partial charge in [0.15, 0.2) is 6.61 Å². The summed E-state index contributed by atoms with van der Waals surface area (Å²) in [5, 5.41) is 2.05. The zero-order valence-corrected chi connectivity index (χ0v) is 16.5. The average Bonchev–Trinajstić information content (AvgIpc) is 3.24. The quantitative estimate of drug-likeness (QED) is 0.751. The number of amides is 1. The number of nitrogens with zero attached hydrogens (tertiary/aromatic N) is 2. The number of ether oxygens (including phenoxy) is 1. The minimum atomic E-state index is -0.422. The van der Waals surface area contributed by atoms with Crippen LogP contribution in [0.3, 0.4) is 0 Å². The molecule has 2 aromatic rings. The Labute approximate surface area is 158 Å². The van der Waals surface area contributed by atoms with Gasteiger partial charge >= 0.3 is 5.97 Å². The summed E-state index contributed by atoms with van der Waals surface area (Å²) in [5.74, 6) is 0.141. The first-order valence-electron chi connectivity index (χ1n) is 9.09. The summed E-state index contributed by atoms with van der Waals surface area (Å²) >= 11 is 1.70. The number of hydrogen-bond donors (Lipinski definition) is 0. The molecule has 3 heterocycles. The van der Waals surface area contributed by atoms with Gasteiger partial charge in [0.1, 0.15) is 0 Å². The van der Waals surface area contributed by atoms with Crippen molar-refractivity contribution in [1.82, 2.24) is 9.47 Å². The zero-order chi connectivity index (χ0) is 18.7. The minimum absolute atomic E-state index is 0.0994. The maximum Gasteiger partial charge on any atom is 0.340 e. The number of carbonyl (C=O) groups excluding carboxylic acids is 2. The van der Waals surface area contributed by atoms with Crippen LogP contribution in [0.1, 0.15) is 46.4 Å². The lowest BCUT2D eigenvalue weighted by atomic mass is 9.99. The molecule has 140 valence electrons. The maximum absolute atomic E-state index is 12.5. The molecule has 0 aromatic carbocycles. The van der Waals surface area contributed by atoms with E-state index in [0.29, 0.717) is 11.5 Å². The molecule has 0 aliphatic carbocycles. The highest BCUT2D eigenvalue weighted by Crippen LogP contribution is 2.20. The Kier molecular flexibility index (Phi) is 5.81. The summed E-state index contributed by atoms with van der Waals surface area (Å²) in [6.45, 7) is 8.19. The Morgan fingerprint density at radius 1 is 1.27 bits per heavy atom. The zero-order valence-electron chi connectivity index (χ0n) is 15.7. The topological polar surface area (TPSA) is 51.5 Å². The van der Waals surface area contributed by atoms with Gasteiger partial charge in [-0.1, -0.05) is 13.0 Å². The van der Waals surface area contributed by atoms with Crippen LogP contribution >= 0.6 is 11.3 Å². The Bertz CT molecular complexity index is 771. The van der Waals surface area contributed by atoms with Crippen LogP contribution in [-0.2, 0) is 16.1 Å². The number of thiophene rings is 1. The van der Waals surface area contributed by atoms with E-state index in [2.05, 4.69) is 17.6 Å². The number of carbonyl (C=O) groups is 2. The fourth-order valence-electron chi connectivity index (χ4n) is 3.36. The number of hydrogen-bond acceptors (Lipinski definition) is 4. The van der Waals surface area contributed by atoms with Crippen molar-refractivity contribution in [1.29, 1.82) is 0 Å². The van der Waals surface area contributed by atoms with E-state index in [9.17, 15) is 9.59 Å². The summed E-state index contributed by atoms with van der Waals surface area (Å²) in [5.41, 5.74) is 2.43. The molecule has 6 heteroatoms. The molecule has 0 spiro atoms. The molecule has 1 fully saturated rings. The van der Waals surface area contributed by atoms with Crippen LogP contribution in [-0.4, -0.2) is 41.0 Å². The summed E-state index contributed by atoms with van der Waals surface area (Å²) in [4.78, 5) is 27.8. The monoisotopic (exact) mass is 374 g/mol. The van der Waals surface area contributed by atoms with Crippen molar-refractivity contribution in [3.63, 3.8) is 0 Å². The largest absolute Gasteiger partial charge is 0.452 e. The molecular formula is C20H26N2O3S. The smallest absolute Gasteiger partial charge is 0.340 e. The lowest BCUT2D eigenvalue weighted by molar-refractivity contribution is -0.135. The van der Waals surface area contributed by atoms with Crippen molar-refractivity contribution in [3.05, 3.63) is 45.4 Å². The lowest BCUT2D eigenvalue weighted by Crippen LogP contribution is -2.40. The standard InChI is InChI=1S/C20H26N2O3S/c1-14-6-8-21(9-7-14)19(23)13-25-20(24)18-11-15(2)22(16(18)3)12-17-5-4-10-26-17/h4-5,10-11,14H,6-9,12-13H2,1-3H3. The Morgan fingerprint density at radius 2 is 2.00 bits per heavy atom. The molecule has 0 radical (unpaired) electrons. The van der Waals surface area contributed by atoms with Crippen LogP contribution < -0.4 is 0 Å². The fourth-order valence-corrected chi connectivity index (χ4v) is 4.06. The first-order valence-corrected chi connectivity index (χ1v) is 9.97. The van der Waals surface area contributed by atoms with E-state index in [0.717, 1.165) is 43.9 Å². The van der Waals surface area contributed by atoms with Gasteiger partial charge in [0.05, 0.1) is 12.1 Å². The molecular weight excluding hydrogens is 348 g/mol. The van der Waals surface area contributed by atoms with Crippen LogP contribution in [0.15, 0.2) is 23.6 Å². The number of aromatic nitrogens is 1. The van der Waals surface area contributed by atoms with Gasteiger partial charge in [-0.15, -0.1) is 11.3 Å². The van der Waals surface area contributed by atoms with Gasteiger partial charge in [-0.3, -0.25) is 4.79 Å². The van der Waals surface area contributed by atoms with Crippen molar-refractivity contribution < 1.29 is 14.3 Å². The molecule has 1 saturated heterocycles. The van der Waals surface area contributed by atoms with Gasteiger partial charge in [0, 0.05) is 29.4 Å². The molecule has 1 aliphatic heterocycles. The van der Waals surface area contributed by atoms with Crippen LogP contribution in [0.2, 0.25) is 0 Å². The number of esters is 1. The van der Waals surface area contributed by atoms with Crippen LogP contribution in [0.5, 0.6) is 0 Å². The number of rotatable bonds is 5. The van der Waals surface area contributed by atoms with E-state index in [-0.39, 0.29) is 12.5 Å². The van der Waals surface area contributed by atoms with Gasteiger partial charge in [-0.2, -0.15) is 0 Å². The van der Waals surface area contributed by atoms with E-state index >= 15 is 0 Å². The Morgan fingerprint density at radius 3 is 2.65 bits per heavy atom. The van der Waals surface area contributed by atoms with E-state index in [1.165, 1.54) is 4.88 Å². The SMILES string of the molecule is Cc1cc(C(=O)OCC(=O)N2CCC(C)CC2)c(C)n1Cc1cccs1. The highest BCUT2D eigenvalue weighted by atomic mass is 32.1. The average molecular weight is 375 g/mol. The van der Waals surface area contributed by atoms with Crippen LogP contribution in [0, 0.1) is 19.8 Å². The molecule has 26 heavy (non-hydrogen) atoms. The van der Waals surface area contributed by atoms with E-state index in [1.807, 2.05) is 31.4 Å². The van der Waals surface area contributed by atoms with Crippen molar-refractivity contribution in [2.45, 2.75) is 40.2 Å². The third-order valence-corrected chi connectivity index (χ3v) is 6.01. The second-order valence-corrected chi connectivity index (χ2v) is 8.12. The molecule has 0 unspecified atom stereocenters. The third-order valence-electron chi connectivity index (χ3n) is 5.15. The second-order valence-electron chi connectivity index (χ2n) is 7.09. The predicted octanol–water partition coefficient (Wildman–Crippen LogP) is 3.63. The van der Waals surface area contributed by atoms with Crippen LogP contribution in [0.25, 0.3) is 0 Å². The molecule has 2 aromatic heterocycles. The first-order chi connectivity index (χ1) is 12.5. The molecule has 0 N–H and O–H groups in total. The highest BCUT2D eigenvalue weighted by Gasteiger charge is 2.23. The van der Waals surface area contributed by atoms with Gasteiger partial charge < -0.3 is 14.2 Å². The first kappa shape index (κ1) is 18.7. The number of piperidine rings is 1. The van der Waals surface area contributed by atoms with Gasteiger partial charge in [-0.05, 0) is 50.1 Å². The lowest BCUT2D eigenvalue weighted by Gasteiger charge is -2.30. The van der Waals surface area contributed by atoms with E-state index in [4.69, 9.17) is 4.74 Å². The van der Waals surface area contributed by atoms with Crippen molar-refractivity contribution in [2.75, 3.05) is 19.7 Å². The van der Waals surface area contributed by atoms with E-state index in [1.54, 1.807) is 16.2 Å². The van der Waals surface area contributed by atoms with Gasteiger partial charge in [0.2, 0.25) is 0 Å². The summed E-state index contributed by atoms with van der Waals surface area (Å²) in [7, 11) is 0. The summed E-state index contributed by atoms with van der Waals surface area (Å²) in [6, 6.07) is 5.95. The number of likely N-dealkylation sites (tertiary alicyclic amines) is 1.